The number of hydrogen-bond donors (Lipinski definition) is 1. The van der Waals surface area contributed by atoms with Gasteiger partial charge in [0.1, 0.15) is 6.54 Å². The van der Waals surface area contributed by atoms with Crippen LogP contribution in [-0.2, 0) is 11.3 Å². The molecule has 5 heteroatoms. The molecular weight excluding hydrogens is 368 g/mol. The number of hydrogen-bond acceptors (Lipinski definition) is 2. The Balaban J connectivity index is 1.80. The molecule has 122 valence electrons. The molecule has 0 aliphatic heterocycles. The average Bonchev–Trinajstić information content (AvgIpc) is 2.92. The van der Waals surface area contributed by atoms with Crippen molar-refractivity contribution in [3.05, 3.63) is 70.3 Å². The van der Waals surface area contributed by atoms with Gasteiger partial charge in [-0.2, -0.15) is 0 Å². The van der Waals surface area contributed by atoms with E-state index in [1.165, 1.54) is 0 Å². The van der Waals surface area contributed by atoms with Crippen LogP contribution >= 0.6 is 15.9 Å². The number of amides is 1. The average molecular weight is 385 g/mol. The smallest absolute Gasteiger partial charge is 0.240 e. The highest BCUT2D eigenvalue weighted by Gasteiger charge is 2.13. The second kappa shape index (κ2) is 7.01. The molecule has 0 radical (unpaired) electrons. The molecule has 1 aromatic heterocycles. The molecule has 0 saturated heterocycles. The van der Waals surface area contributed by atoms with Crippen molar-refractivity contribution >= 4 is 39.0 Å². The molecule has 0 unspecified atom stereocenters. The topological polar surface area (TPSA) is 51.1 Å². The Morgan fingerprint density at radius 1 is 1.25 bits per heavy atom. The van der Waals surface area contributed by atoms with E-state index in [4.69, 9.17) is 0 Å². The molecule has 0 bridgehead atoms. The standard InChI is InChI=1S/C19H17BrN2O2/c1-13(14-5-3-2-4-6-14)21-19(24)11-22-10-15(12-23)17-9-16(20)7-8-18(17)22/h2-10,12-13H,11H2,1H3,(H,21,24)/t13-/m1/s1. The molecule has 4 nitrogen and oxygen atoms in total. The summed E-state index contributed by atoms with van der Waals surface area (Å²) in [6, 6.07) is 15.4. The first-order valence-electron chi connectivity index (χ1n) is 7.66. The lowest BCUT2D eigenvalue weighted by molar-refractivity contribution is -0.122. The van der Waals surface area contributed by atoms with Crippen molar-refractivity contribution in [3.8, 4) is 0 Å². The van der Waals surface area contributed by atoms with Crippen molar-refractivity contribution < 1.29 is 9.59 Å². The van der Waals surface area contributed by atoms with E-state index in [9.17, 15) is 9.59 Å². The van der Waals surface area contributed by atoms with Crippen molar-refractivity contribution in [1.29, 1.82) is 0 Å². The Hall–Kier alpha value is -2.40. The van der Waals surface area contributed by atoms with Crippen molar-refractivity contribution in [2.75, 3.05) is 0 Å². The molecule has 1 amide bonds. The fourth-order valence-corrected chi connectivity index (χ4v) is 3.15. The maximum atomic E-state index is 12.4. The minimum absolute atomic E-state index is 0.0692. The van der Waals surface area contributed by atoms with Crippen LogP contribution in [0, 0.1) is 0 Å². The van der Waals surface area contributed by atoms with Gasteiger partial charge in [0.25, 0.3) is 0 Å². The van der Waals surface area contributed by atoms with Crippen LogP contribution < -0.4 is 5.32 Å². The van der Waals surface area contributed by atoms with Gasteiger partial charge in [0.05, 0.1) is 6.04 Å². The summed E-state index contributed by atoms with van der Waals surface area (Å²) >= 11 is 3.41. The largest absolute Gasteiger partial charge is 0.348 e. The number of nitrogens with one attached hydrogen (secondary N) is 1. The number of aromatic nitrogens is 1. The molecule has 0 aliphatic carbocycles. The van der Waals surface area contributed by atoms with E-state index in [2.05, 4.69) is 21.2 Å². The summed E-state index contributed by atoms with van der Waals surface area (Å²) in [5, 5.41) is 3.83. The third-order valence-electron chi connectivity index (χ3n) is 3.99. The molecule has 3 rings (SSSR count). The van der Waals surface area contributed by atoms with Gasteiger partial charge in [0, 0.05) is 27.1 Å². The minimum atomic E-state index is -0.0939. The van der Waals surface area contributed by atoms with Crippen LogP contribution in [-0.4, -0.2) is 16.8 Å². The third kappa shape index (κ3) is 3.41. The molecule has 0 aliphatic rings. The van der Waals surface area contributed by atoms with Gasteiger partial charge in [-0.1, -0.05) is 46.3 Å². The Kier molecular flexibility index (Phi) is 4.81. The van der Waals surface area contributed by atoms with E-state index in [-0.39, 0.29) is 18.5 Å². The van der Waals surface area contributed by atoms with Crippen molar-refractivity contribution in [2.45, 2.75) is 19.5 Å². The third-order valence-corrected chi connectivity index (χ3v) is 4.49. The second-order valence-electron chi connectivity index (χ2n) is 5.69. The first-order valence-corrected chi connectivity index (χ1v) is 8.45. The summed E-state index contributed by atoms with van der Waals surface area (Å²) in [7, 11) is 0. The van der Waals surface area contributed by atoms with Gasteiger partial charge in [-0.15, -0.1) is 0 Å². The molecule has 24 heavy (non-hydrogen) atoms. The number of halogens is 1. The lowest BCUT2D eigenvalue weighted by Gasteiger charge is -2.15. The van der Waals surface area contributed by atoms with E-state index < -0.39 is 0 Å². The van der Waals surface area contributed by atoms with Crippen molar-refractivity contribution in [1.82, 2.24) is 9.88 Å². The molecular formula is C19H17BrN2O2. The number of rotatable bonds is 5. The number of carbonyl (C=O) groups excluding carboxylic acids is 2. The predicted octanol–water partition coefficient (Wildman–Crippen LogP) is 4.09. The van der Waals surface area contributed by atoms with Crippen LogP contribution in [0.3, 0.4) is 0 Å². The normalized spacial score (nSPS) is 12.1. The number of carbonyl (C=O) groups is 2. The Labute approximate surface area is 148 Å². The van der Waals surface area contributed by atoms with Gasteiger partial charge in [-0.05, 0) is 30.7 Å². The molecule has 0 saturated carbocycles. The molecule has 1 atom stereocenters. The van der Waals surface area contributed by atoms with Crippen molar-refractivity contribution in [2.24, 2.45) is 0 Å². The summed E-state index contributed by atoms with van der Waals surface area (Å²) in [5.74, 6) is -0.0939. The van der Waals surface area contributed by atoms with Gasteiger partial charge in [-0.3, -0.25) is 9.59 Å². The summed E-state index contributed by atoms with van der Waals surface area (Å²) in [6.45, 7) is 2.12. The number of fused-ring (bicyclic) bond motifs is 1. The zero-order valence-corrected chi connectivity index (χ0v) is 14.8. The van der Waals surface area contributed by atoms with Gasteiger partial charge in [0.15, 0.2) is 6.29 Å². The highest BCUT2D eigenvalue weighted by atomic mass is 79.9. The van der Waals surface area contributed by atoms with Gasteiger partial charge in [0.2, 0.25) is 5.91 Å². The lowest BCUT2D eigenvalue weighted by atomic mass is 10.1. The fourth-order valence-electron chi connectivity index (χ4n) is 2.79. The second-order valence-corrected chi connectivity index (χ2v) is 6.61. The van der Waals surface area contributed by atoms with Crippen LogP contribution in [0.5, 0.6) is 0 Å². The summed E-state index contributed by atoms with van der Waals surface area (Å²) in [5.41, 5.74) is 2.50. The monoisotopic (exact) mass is 384 g/mol. The van der Waals surface area contributed by atoms with Crippen LogP contribution in [0.1, 0.15) is 28.9 Å². The Bertz CT molecular complexity index is 887. The van der Waals surface area contributed by atoms with E-state index in [1.807, 2.05) is 55.5 Å². The highest BCUT2D eigenvalue weighted by molar-refractivity contribution is 9.10. The van der Waals surface area contributed by atoms with Gasteiger partial charge >= 0.3 is 0 Å². The van der Waals surface area contributed by atoms with Crippen LogP contribution in [0.25, 0.3) is 10.9 Å². The predicted molar refractivity (Wildman–Crippen MR) is 98.0 cm³/mol. The maximum Gasteiger partial charge on any atom is 0.240 e. The maximum absolute atomic E-state index is 12.4. The summed E-state index contributed by atoms with van der Waals surface area (Å²) < 4.78 is 2.71. The number of nitrogens with zero attached hydrogens (tertiary/aromatic N) is 1. The SMILES string of the molecule is C[C@@H](NC(=O)Cn1cc(C=O)c2cc(Br)ccc21)c1ccccc1. The first kappa shape index (κ1) is 16.5. The minimum Gasteiger partial charge on any atom is -0.348 e. The molecule has 3 aromatic rings. The summed E-state index contributed by atoms with van der Waals surface area (Å²) in [6.07, 6.45) is 2.53. The van der Waals surface area contributed by atoms with E-state index in [0.717, 1.165) is 27.2 Å². The molecule has 0 fully saturated rings. The molecule has 0 spiro atoms. The fraction of sp³-hybridized carbons (Fsp3) is 0.158. The zero-order valence-electron chi connectivity index (χ0n) is 13.2. The first-order chi connectivity index (χ1) is 11.6. The van der Waals surface area contributed by atoms with Crippen molar-refractivity contribution in [3.63, 3.8) is 0 Å². The molecule has 2 aromatic carbocycles. The van der Waals surface area contributed by atoms with E-state index >= 15 is 0 Å². The Morgan fingerprint density at radius 2 is 2.00 bits per heavy atom. The number of aldehydes is 1. The highest BCUT2D eigenvalue weighted by Crippen LogP contribution is 2.24. The quantitative estimate of drug-likeness (QED) is 0.673. The van der Waals surface area contributed by atoms with E-state index in [1.54, 1.807) is 10.8 Å². The summed E-state index contributed by atoms with van der Waals surface area (Å²) in [4.78, 5) is 23.6. The molecule has 1 N–H and O–H groups in total. The molecule has 1 heterocycles. The Morgan fingerprint density at radius 3 is 2.71 bits per heavy atom. The number of benzene rings is 2. The van der Waals surface area contributed by atoms with E-state index in [0.29, 0.717) is 5.56 Å². The zero-order chi connectivity index (χ0) is 17.1. The van der Waals surface area contributed by atoms with Gasteiger partial charge in [-0.25, -0.2) is 0 Å². The van der Waals surface area contributed by atoms with Gasteiger partial charge < -0.3 is 9.88 Å². The van der Waals surface area contributed by atoms with Crippen LogP contribution in [0.15, 0.2) is 59.2 Å². The van der Waals surface area contributed by atoms with Crippen LogP contribution in [0.4, 0.5) is 0 Å². The van der Waals surface area contributed by atoms with Crippen LogP contribution in [0.2, 0.25) is 0 Å². The lowest BCUT2D eigenvalue weighted by Crippen LogP contribution is -2.29.